The first-order valence-corrected chi connectivity index (χ1v) is 10.4. The number of benzene rings is 3. The number of carbonyl (C=O) groups excluding carboxylic acids is 3. The van der Waals surface area contributed by atoms with Crippen LogP contribution in [0.1, 0.15) is 31.1 Å². The highest BCUT2D eigenvalue weighted by atomic mass is 32.2. The number of sulfonamides is 1. The molecule has 156 valence electrons. The topological polar surface area (TPSA) is 121 Å². The second-order valence-corrected chi connectivity index (χ2v) is 8.32. The minimum Gasteiger partial charge on any atom is -0.322 e. The van der Waals surface area contributed by atoms with Gasteiger partial charge < -0.3 is 5.32 Å². The van der Waals surface area contributed by atoms with Gasteiger partial charge in [0.25, 0.3) is 27.7 Å². The number of hydrogen-bond acceptors (Lipinski definition) is 5. The fourth-order valence-electron chi connectivity index (χ4n) is 3.02. The Hall–Kier alpha value is -4.05. The van der Waals surface area contributed by atoms with Crippen LogP contribution < -0.4 is 15.4 Å². The van der Waals surface area contributed by atoms with E-state index in [0.717, 1.165) is 12.1 Å². The number of hydrogen-bond donors (Lipinski definition) is 3. The molecule has 0 radical (unpaired) electrons. The van der Waals surface area contributed by atoms with E-state index in [2.05, 4.69) is 15.4 Å². The molecule has 10 heteroatoms. The highest BCUT2D eigenvalue weighted by Crippen LogP contribution is 2.23. The van der Waals surface area contributed by atoms with E-state index in [-0.39, 0.29) is 33.0 Å². The predicted molar refractivity (Wildman–Crippen MR) is 110 cm³/mol. The molecule has 1 aliphatic rings. The SMILES string of the molecule is O=C(Nc1cccc(F)c1)c1cccc(NS(=O)(=O)c2ccc3c(c2)C(=O)NC3=O)c1. The first-order valence-electron chi connectivity index (χ1n) is 8.92. The van der Waals surface area contributed by atoms with E-state index in [1.165, 1.54) is 54.6 Å². The highest BCUT2D eigenvalue weighted by molar-refractivity contribution is 7.92. The molecule has 0 saturated carbocycles. The smallest absolute Gasteiger partial charge is 0.261 e. The van der Waals surface area contributed by atoms with Crippen molar-refractivity contribution in [2.45, 2.75) is 4.90 Å². The van der Waals surface area contributed by atoms with Gasteiger partial charge in [0, 0.05) is 16.9 Å². The van der Waals surface area contributed by atoms with Crippen molar-refractivity contribution in [2.75, 3.05) is 10.0 Å². The predicted octanol–water partition coefficient (Wildman–Crippen LogP) is 2.76. The van der Waals surface area contributed by atoms with E-state index in [9.17, 15) is 27.2 Å². The van der Waals surface area contributed by atoms with Gasteiger partial charge in [-0.2, -0.15) is 0 Å². The van der Waals surface area contributed by atoms with Crippen molar-refractivity contribution in [1.82, 2.24) is 5.32 Å². The van der Waals surface area contributed by atoms with Crippen LogP contribution in [0.5, 0.6) is 0 Å². The Morgan fingerprint density at radius 3 is 2.32 bits per heavy atom. The summed E-state index contributed by atoms with van der Waals surface area (Å²) < 4.78 is 41.1. The second-order valence-electron chi connectivity index (χ2n) is 6.64. The average Bonchev–Trinajstić information content (AvgIpc) is 3.01. The van der Waals surface area contributed by atoms with Crippen molar-refractivity contribution in [1.29, 1.82) is 0 Å². The first kappa shape index (κ1) is 20.2. The molecular weight excluding hydrogens is 425 g/mol. The molecule has 3 aromatic rings. The first-order chi connectivity index (χ1) is 14.7. The number of rotatable bonds is 5. The summed E-state index contributed by atoms with van der Waals surface area (Å²) in [4.78, 5) is 35.6. The van der Waals surface area contributed by atoms with Crippen molar-refractivity contribution in [3.8, 4) is 0 Å². The Bertz CT molecular complexity index is 1350. The molecule has 4 rings (SSSR count). The number of nitrogens with one attached hydrogen (secondary N) is 3. The standard InChI is InChI=1S/C21H14FN3O5S/c22-13-4-2-5-14(10-13)23-19(26)12-3-1-6-15(9-12)25-31(29,30)16-7-8-17-18(11-16)21(28)24-20(17)27/h1-11,25H,(H,23,26)(H,24,27,28). The summed E-state index contributed by atoms with van der Waals surface area (Å²) in [6.07, 6.45) is 0. The van der Waals surface area contributed by atoms with Crippen LogP contribution in [-0.2, 0) is 10.0 Å². The molecule has 1 heterocycles. The Labute approximate surface area is 176 Å². The van der Waals surface area contributed by atoms with Gasteiger partial charge in [-0.05, 0) is 54.6 Å². The van der Waals surface area contributed by atoms with Crippen molar-refractivity contribution < 1.29 is 27.2 Å². The Morgan fingerprint density at radius 1 is 0.839 bits per heavy atom. The quantitative estimate of drug-likeness (QED) is 0.528. The van der Waals surface area contributed by atoms with Crippen molar-refractivity contribution in [2.24, 2.45) is 0 Å². The fourth-order valence-corrected chi connectivity index (χ4v) is 4.10. The number of amides is 3. The zero-order chi connectivity index (χ0) is 22.2. The molecule has 0 bridgehead atoms. The van der Waals surface area contributed by atoms with Crippen molar-refractivity contribution in [3.05, 3.63) is 89.2 Å². The fraction of sp³-hybridized carbons (Fsp3) is 0. The zero-order valence-corrected chi connectivity index (χ0v) is 16.5. The second kappa shape index (κ2) is 7.65. The molecule has 3 N–H and O–H groups in total. The number of halogens is 1. The van der Waals surface area contributed by atoms with E-state index in [1.807, 2.05) is 0 Å². The van der Waals surface area contributed by atoms with Crippen LogP contribution in [0.4, 0.5) is 15.8 Å². The lowest BCUT2D eigenvalue weighted by Gasteiger charge is -2.11. The maximum absolute atomic E-state index is 13.3. The third-order valence-corrected chi connectivity index (χ3v) is 5.86. The minimum absolute atomic E-state index is 0.0314. The van der Waals surface area contributed by atoms with E-state index < -0.39 is 33.6 Å². The van der Waals surface area contributed by atoms with Gasteiger partial charge in [0.05, 0.1) is 16.0 Å². The Kier molecular flexibility index (Phi) is 4.99. The zero-order valence-electron chi connectivity index (χ0n) is 15.7. The maximum atomic E-state index is 13.3. The van der Waals surface area contributed by atoms with E-state index in [4.69, 9.17) is 0 Å². The number of anilines is 2. The summed E-state index contributed by atoms with van der Waals surface area (Å²) in [5.74, 6) is -2.33. The lowest BCUT2D eigenvalue weighted by Crippen LogP contribution is -2.20. The summed E-state index contributed by atoms with van der Waals surface area (Å²) in [5.41, 5.74) is 0.564. The van der Waals surface area contributed by atoms with Crippen LogP contribution >= 0.6 is 0 Å². The van der Waals surface area contributed by atoms with E-state index >= 15 is 0 Å². The molecule has 31 heavy (non-hydrogen) atoms. The molecule has 3 aromatic carbocycles. The van der Waals surface area contributed by atoms with Crippen LogP contribution in [-0.4, -0.2) is 26.1 Å². The van der Waals surface area contributed by atoms with E-state index in [0.29, 0.717) is 0 Å². The molecule has 3 amide bonds. The van der Waals surface area contributed by atoms with Crippen LogP contribution in [0.15, 0.2) is 71.6 Å². The van der Waals surface area contributed by atoms with Crippen molar-refractivity contribution >= 4 is 39.1 Å². The molecule has 0 saturated heterocycles. The molecule has 1 aliphatic heterocycles. The van der Waals surface area contributed by atoms with Gasteiger partial charge in [-0.1, -0.05) is 12.1 Å². The van der Waals surface area contributed by atoms with Gasteiger partial charge in [0.15, 0.2) is 0 Å². The lowest BCUT2D eigenvalue weighted by atomic mass is 10.1. The van der Waals surface area contributed by atoms with Gasteiger partial charge in [0.2, 0.25) is 0 Å². The van der Waals surface area contributed by atoms with Crippen molar-refractivity contribution in [3.63, 3.8) is 0 Å². The maximum Gasteiger partial charge on any atom is 0.261 e. The third-order valence-electron chi connectivity index (χ3n) is 4.48. The van der Waals surface area contributed by atoms with Gasteiger partial charge in [0.1, 0.15) is 5.82 Å². The van der Waals surface area contributed by atoms with E-state index in [1.54, 1.807) is 0 Å². The summed E-state index contributed by atoms with van der Waals surface area (Å²) in [5, 5.41) is 4.62. The average molecular weight is 439 g/mol. The largest absolute Gasteiger partial charge is 0.322 e. The van der Waals surface area contributed by atoms with Crippen LogP contribution in [0.3, 0.4) is 0 Å². The van der Waals surface area contributed by atoms with Gasteiger partial charge in [-0.25, -0.2) is 12.8 Å². The van der Waals surface area contributed by atoms with Gasteiger partial charge >= 0.3 is 0 Å². The van der Waals surface area contributed by atoms with Crippen LogP contribution in [0.2, 0.25) is 0 Å². The van der Waals surface area contributed by atoms with Gasteiger partial charge in [-0.15, -0.1) is 0 Å². The molecule has 8 nitrogen and oxygen atoms in total. The minimum atomic E-state index is -4.11. The molecule has 0 aliphatic carbocycles. The Morgan fingerprint density at radius 2 is 1.55 bits per heavy atom. The molecule has 0 unspecified atom stereocenters. The normalized spacial score (nSPS) is 12.8. The molecule has 0 spiro atoms. The summed E-state index contributed by atoms with van der Waals surface area (Å²) >= 11 is 0. The molecule has 0 fully saturated rings. The molecular formula is C21H14FN3O5S. The third kappa shape index (κ3) is 4.14. The summed E-state index contributed by atoms with van der Waals surface area (Å²) in [6, 6.07) is 14.6. The number of fused-ring (bicyclic) bond motifs is 1. The number of carbonyl (C=O) groups is 3. The summed E-state index contributed by atoms with van der Waals surface area (Å²) in [7, 11) is -4.11. The number of imide groups is 1. The van der Waals surface area contributed by atoms with Crippen LogP contribution in [0.25, 0.3) is 0 Å². The highest BCUT2D eigenvalue weighted by Gasteiger charge is 2.28. The lowest BCUT2D eigenvalue weighted by molar-refractivity contribution is 0.0878. The molecule has 0 aromatic heterocycles. The Balaban J connectivity index is 1.56. The van der Waals surface area contributed by atoms with Gasteiger partial charge in [-0.3, -0.25) is 24.4 Å². The van der Waals surface area contributed by atoms with Crippen LogP contribution in [0, 0.1) is 5.82 Å². The monoisotopic (exact) mass is 439 g/mol. The molecule has 0 atom stereocenters. The summed E-state index contributed by atoms with van der Waals surface area (Å²) in [6.45, 7) is 0.